The van der Waals surface area contributed by atoms with Crippen LogP contribution in [-0.2, 0) is 9.59 Å². The van der Waals surface area contributed by atoms with Gasteiger partial charge in [-0.2, -0.15) is 0 Å². The summed E-state index contributed by atoms with van der Waals surface area (Å²) < 4.78 is 0. The van der Waals surface area contributed by atoms with Gasteiger partial charge in [-0.15, -0.1) is 11.8 Å². The van der Waals surface area contributed by atoms with Crippen LogP contribution < -0.4 is 11.1 Å². The molecule has 0 heterocycles. The number of hydrogen-bond donors (Lipinski definition) is 3. The van der Waals surface area contributed by atoms with Gasteiger partial charge in [0.1, 0.15) is 6.04 Å². The van der Waals surface area contributed by atoms with Crippen molar-refractivity contribution in [3.63, 3.8) is 0 Å². The third-order valence-electron chi connectivity index (χ3n) is 2.54. The molecule has 1 amide bonds. The molecule has 1 aromatic carbocycles. The third-order valence-corrected chi connectivity index (χ3v) is 3.90. The molecule has 1 unspecified atom stereocenters. The van der Waals surface area contributed by atoms with Crippen LogP contribution in [0.25, 0.3) is 0 Å². The van der Waals surface area contributed by atoms with E-state index in [9.17, 15) is 9.59 Å². The predicted octanol–water partition coefficient (Wildman–Crippen LogP) is 2.04. The Morgan fingerprint density at radius 1 is 1.45 bits per heavy atom. The van der Waals surface area contributed by atoms with Gasteiger partial charge < -0.3 is 16.2 Å². The van der Waals surface area contributed by atoms with Gasteiger partial charge in [0, 0.05) is 5.75 Å². The number of halogens is 1. The SMILES string of the molecule is Cc1cc(C)c(NC(=O)CSCC(N)C(=O)O)c(Cl)c1. The smallest absolute Gasteiger partial charge is 0.321 e. The molecule has 0 bridgehead atoms. The van der Waals surface area contributed by atoms with Gasteiger partial charge in [-0.3, -0.25) is 9.59 Å². The van der Waals surface area contributed by atoms with Crippen molar-refractivity contribution in [2.75, 3.05) is 16.8 Å². The Labute approximate surface area is 126 Å². The van der Waals surface area contributed by atoms with Crippen LogP contribution in [0.3, 0.4) is 0 Å². The van der Waals surface area contributed by atoms with Gasteiger partial charge in [-0.1, -0.05) is 17.7 Å². The zero-order chi connectivity index (χ0) is 15.3. The number of aliphatic carboxylic acids is 1. The summed E-state index contributed by atoms with van der Waals surface area (Å²) in [6.45, 7) is 3.79. The van der Waals surface area contributed by atoms with Crippen molar-refractivity contribution in [3.8, 4) is 0 Å². The number of nitrogens with one attached hydrogen (secondary N) is 1. The number of amides is 1. The lowest BCUT2D eigenvalue weighted by atomic mass is 10.1. The van der Waals surface area contributed by atoms with Crippen molar-refractivity contribution < 1.29 is 14.7 Å². The highest BCUT2D eigenvalue weighted by molar-refractivity contribution is 8.00. The van der Waals surface area contributed by atoms with Crippen molar-refractivity contribution in [1.82, 2.24) is 0 Å². The topological polar surface area (TPSA) is 92.4 Å². The minimum absolute atomic E-state index is 0.130. The standard InChI is InChI=1S/C13H17ClN2O3S/c1-7-3-8(2)12(9(14)4-7)16-11(17)6-20-5-10(15)13(18)19/h3-4,10H,5-6,15H2,1-2H3,(H,16,17)(H,18,19). The molecular weight excluding hydrogens is 300 g/mol. The molecule has 0 spiro atoms. The number of thioether (sulfide) groups is 1. The van der Waals surface area contributed by atoms with Crippen molar-refractivity contribution in [2.45, 2.75) is 19.9 Å². The highest BCUT2D eigenvalue weighted by Crippen LogP contribution is 2.27. The minimum atomic E-state index is -1.07. The van der Waals surface area contributed by atoms with Gasteiger partial charge in [0.15, 0.2) is 0 Å². The van der Waals surface area contributed by atoms with Crippen LogP contribution >= 0.6 is 23.4 Å². The molecule has 1 aromatic rings. The maximum atomic E-state index is 11.8. The summed E-state index contributed by atoms with van der Waals surface area (Å²) in [5.74, 6) is -0.995. The number of carbonyl (C=O) groups excluding carboxylic acids is 1. The number of carboxylic acids is 1. The van der Waals surface area contributed by atoms with E-state index in [4.69, 9.17) is 22.4 Å². The van der Waals surface area contributed by atoms with Crippen LogP contribution in [0.15, 0.2) is 12.1 Å². The van der Waals surface area contributed by atoms with Gasteiger partial charge >= 0.3 is 5.97 Å². The Morgan fingerprint density at radius 2 is 2.10 bits per heavy atom. The van der Waals surface area contributed by atoms with E-state index in [1.807, 2.05) is 19.9 Å². The summed E-state index contributed by atoms with van der Waals surface area (Å²) in [7, 11) is 0. The zero-order valence-corrected chi connectivity index (χ0v) is 12.8. The molecule has 0 saturated heterocycles. The van der Waals surface area contributed by atoms with E-state index in [0.717, 1.165) is 11.1 Å². The van der Waals surface area contributed by atoms with Crippen LogP contribution in [-0.4, -0.2) is 34.5 Å². The van der Waals surface area contributed by atoms with Gasteiger partial charge in [-0.25, -0.2) is 0 Å². The molecular formula is C13H17ClN2O3S. The van der Waals surface area contributed by atoms with Crippen LogP contribution in [0.1, 0.15) is 11.1 Å². The van der Waals surface area contributed by atoms with Crippen LogP contribution in [0.4, 0.5) is 5.69 Å². The number of carboxylic acid groups (broad SMARTS) is 1. The van der Waals surface area contributed by atoms with Gasteiger partial charge in [0.25, 0.3) is 0 Å². The number of benzene rings is 1. The lowest BCUT2D eigenvalue weighted by Gasteiger charge is -2.12. The van der Waals surface area contributed by atoms with E-state index in [2.05, 4.69) is 5.32 Å². The molecule has 0 radical (unpaired) electrons. The number of hydrogen-bond acceptors (Lipinski definition) is 4. The molecule has 0 aromatic heterocycles. The molecule has 0 aliphatic carbocycles. The minimum Gasteiger partial charge on any atom is -0.480 e. The number of carbonyl (C=O) groups is 2. The normalized spacial score (nSPS) is 12.0. The quantitative estimate of drug-likeness (QED) is 0.747. The predicted molar refractivity (Wildman–Crippen MR) is 82.5 cm³/mol. The Kier molecular flexibility index (Phi) is 6.32. The molecule has 0 fully saturated rings. The first-order valence-electron chi connectivity index (χ1n) is 5.94. The molecule has 1 atom stereocenters. The lowest BCUT2D eigenvalue weighted by Crippen LogP contribution is -2.33. The number of aryl methyl sites for hydroxylation is 2. The first kappa shape index (κ1) is 16.8. The fourth-order valence-corrected chi connectivity index (χ4v) is 2.74. The molecule has 4 N–H and O–H groups in total. The maximum absolute atomic E-state index is 11.8. The summed E-state index contributed by atoms with van der Waals surface area (Å²) >= 11 is 7.26. The lowest BCUT2D eigenvalue weighted by molar-refractivity contribution is -0.137. The summed E-state index contributed by atoms with van der Waals surface area (Å²) in [6, 6.07) is 2.74. The zero-order valence-electron chi connectivity index (χ0n) is 11.3. The maximum Gasteiger partial charge on any atom is 0.321 e. The van der Waals surface area contributed by atoms with E-state index < -0.39 is 12.0 Å². The Morgan fingerprint density at radius 3 is 2.65 bits per heavy atom. The molecule has 1 rings (SSSR count). The van der Waals surface area contributed by atoms with Crippen molar-refractivity contribution in [2.24, 2.45) is 5.73 Å². The van der Waals surface area contributed by atoms with Crippen molar-refractivity contribution in [1.29, 1.82) is 0 Å². The van der Waals surface area contributed by atoms with E-state index >= 15 is 0 Å². The Hall–Kier alpha value is -1.24. The number of anilines is 1. The average molecular weight is 317 g/mol. The fourth-order valence-electron chi connectivity index (χ4n) is 1.60. The first-order valence-corrected chi connectivity index (χ1v) is 7.47. The highest BCUT2D eigenvalue weighted by Gasteiger charge is 2.13. The second-order valence-electron chi connectivity index (χ2n) is 4.45. The Balaban J connectivity index is 2.53. The molecule has 7 heteroatoms. The number of rotatable bonds is 6. The number of nitrogens with two attached hydrogens (primary N) is 1. The van der Waals surface area contributed by atoms with E-state index in [1.165, 1.54) is 11.8 Å². The first-order chi connectivity index (χ1) is 9.31. The molecule has 0 saturated carbocycles. The van der Waals surface area contributed by atoms with E-state index in [0.29, 0.717) is 10.7 Å². The van der Waals surface area contributed by atoms with Gasteiger partial charge in [0.2, 0.25) is 5.91 Å². The molecule has 110 valence electrons. The van der Waals surface area contributed by atoms with Crippen LogP contribution in [0, 0.1) is 13.8 Å². The molecule has 0 aliphatic rings. The van der Waals surface area contributed by atoms with Crippen molar-refractivity contribution in [3.05, 3.63) is 28.3 Å². The largest absolute Gasteiger partial charge is 0.480 e. The second-order valence-corrected chi connectivity index (χ2v) is 5.88. The summed E-state index contributed by atoms with van der Waals surface area (Å²) in [6.07, 6.45) is 0. The van der Waals surface area contributed by atoms with E-state index in [-0.39, 0.29) is 17.4 Å². The molecule has 5 nitrogen and oxygen atoms in total. The fraction of sp³-hybridized carbons (Fsp3) is 0.385. The van der Waals surface area contributed by atoms with Gasteiger partial charge in [0.05, 0.1) is 16.5 Å². The van der Waals surface area contributed by atoms with Crippen LogP contribution in [0.5, 0.6) is 0 Å². The summed E-state index contributed by atoms with van der Waals surface area (Å²) in [5.41, 5.74) is 7.84. The average Bonchev–Trinajstić information content (AvgIpc) is 2.33. The van der Waals surface area contributed by atoms with Crippen molar-refractivity contribution >= 4 is 40.9 Å². The summed E-state index contributed by atoms with van der Waals surface area (Å²) in [4.78, 5) is 22.3. The van der Waals surface area contributed by atoms with Gasteiger partial charge in [-0.05, 0) is 31.0 Å². The molecule has 20 heavy (non-hydrogen) atoms. The molecule has 0 aliphatic heterocycles. The second kappa shape index (κ2) is 7.52. The van der Waals surface area contributed by atoms with Crippen LogP contribution in [0.2, 0.25) is 5.02 Å². The third kappa shape index (κ3) is 5.03. The Bertz CT molecular complexity index is 499. The monoisotopic (exact) mass is 316 g/mol. The summed E-state index contributed by atoms with van der Waals surface area (Å²) in [5, 5.41) is 11.8. The van der Waals surface area contributed by atoms with E-state index in [1.54, 1.807) is 6.07 Å². The highest BCUT2D eigenvalue weighted by atomic mass is 35.5.